The molecular weight excluding hydrogens is 180 g/mol. The number of likely N-dealkylation sites (N-methyl/N-ethyl adjacent to an activating group) is 1. The van der Waals surface area contributed by atoms with Crippen LogP contribution in [0, 0.1) is 0 Å². The van der Waals surface area contributed by atoms with Gasteiger partial charge in [0.05, 0.1) is 0 Å². The maximum Gasteiger partial charge on any atom is 0.322 e. The van der Waals surface area contributed by atoms with Gasteiger partial charge in [-0.15, -0.1) is 0 Å². The van der Waals surface area contributed by atoms with Gasteiger partial charge in [0.2, 0.25) is 0 Å². The second kappa shape index (κ2) is 5.32. The van der Waals surface area contributed by atoms with Crippen molar-refractivity contribution in [2.24, 2.45) is 0 Å². The zero-order valence-electron chi connectivity index (χ0n) is 8.99. The van der Waals surface area contributed by atoms with Gasteiger partial charge >= 0.3 is 5.97 Å². The van der Waals surface area contributed by atoms with Crippen LogP contribution in [0.3, 0.4) is 0 Å². The Morgan fingerprint density at radius 2 is 2.07 bits per heavy atom. The average molecular weight is 200 g/mol. The molecule has 1 unspecified atom stereocenters. The van der Waals surface area contributed by atoms with Crippen LogP contribution >= 0.6 is 0 Å². The van der Waals surface area contributed by atoms with Gasteiger partial charge in [-0.2, -0.15) is 0 Å². The summed E-state index contributed by atoms with van der Waals surface area (Å²) in [6.07, 6.45) is 2.25. The van der Waals surface area contributed by atoms with Crippen LogP contribution in [-0.2, 0) is 4.79 Å². The number of nitrogens with zero attached hydrogens (tertiary/aromatic N) is 1. The van der Waals surface area contributed by atoms with Crippen LogP contribution in [-0.4, -0.2) is 47.7 Å². The summed E-state index contributed by atoms with van der Waals surface area (Å²) in [6.45, 7) is 6.54. The number of rotatable bonds is 7. The van der Waals surface area contributed by atoms with Crippen LogP contribution in [0.25, 0.3) is 0 Å². The van der Waals surface area contributed by atoms with Gasteiger partial charge in [0.1, 0.15) is 6.04 Å². The first kappa shape index (κ1) is 11.5. The van der Waals surface area contributed by atoms with E-state index in [4.69, 9.17) is 5.11 Å². The van der Waals surface area contributed by atoms with Crippen molar-refractivity contribution in [3.05, 3.63) is 0 Å². The topological polar surface area (TPSA) is 52.6 Å². The van der Waals surface area contributed by atoms with Gasteiger partial charge in [0.15, 0.2) is 0 Å². The lowest BCUT2D eigenvalue weighted by molar-refractivity contribution is -0.140. The number of aliphatic carboxylic acids is 1. The van der Waals surface area contributed by atoms with Gasteiger partial charge in [0.25, 0.3) is 0 Å². The first-order valence-electron chi connectivity index (χ1n) is 5.38. The highest BCUT2D eigenvalue weighted by Gasteiger charge is 2.28. The molecule has 1 aliphatic carbocycles. The quantitative estimate of drug-likeness (QED) is 0.629. The SMILES string of the molecule is CCN(CC)CC(NC1CC1)C(=O)O. The zero-order valence-corrected chi connectivity index (χ0v) is 8.99. The molecule has 0 spiro atoms. The molecule has 1 rings (SSSR count). The Kier molecular flexibility index (Phi) is 4.35. The maximum absolute atomic E-state index is 10.9. The van der Waals surface area contributed by atoms with Crippen LogP contribution in [0.15, 0.2) is 0 Å². The van der Waals surface area contributed by atoms with Crippen molar-refractivity contribution >= 4 is 5.97 Å². The van der Waals surface area contributed by atoms with E-state index in [1.54, 1.807) is 0 Å². The van der Waals surface area contributed by atoms with Gasteiger partial charge in [-0.25, -0.2) is 0 Å². The first-order valence-corrected chi connectivity index (χ1v) is 5.38. The van der Waals surface area contributed by atoms with E-state index >= 15 is 0 Å². The van der Waals surface area contributed by atoms with Crippen molar-refractivity contribution < 1.29 is 9.90 Å². The Bertz CT molecular complexity index is 189. The second-order valence-corrected chi connectivity index (χ2v) is 3.82. The molecule has 4 heteroatoms. The van der Waals surface area contributed by atoms with E-state index in [1.807, 2.05) is 0 Å². The Balaban J connectivity index is 2.36. The molecule has 0 amide bonds. The number of carboxylic acids is 1. The molecule has 1 saturated carbocycles. The summed E-state index contributed by atoms with van der Waals surface area (Å²) in [7, 11) is 0. The number of hydrogen-bond donors (Lipinski definition) is 2. The van der Waals surface area contributed by atoms with E-state index in [0.29, 0.717) is 12.6 Å². The summed E-state index contributed by atoms with van der Waals surface area (Å²) < 4.78 is 0. The predicted molar refractivity (Wildman–Crippen MR) is 55.4 cm³/mol. The lowest BCUT2D eigenvalue weighted by atomic mass is 10.2. The van der Waals surface area contributed by atoms with Gasteiger partial charge in [-0.05, 0) is 25.9 Å². The number of carboxylic acid groups (broad SMARTS) is 1. The third-order valence-electron chi connectivity index (χ3n) is 2.65. The van der Waals surface area contributed by atoms with Crippen LogP contribution in [0.5, 0.6) is 0 Å². The molecule has 4 nitrogen and oxygen atoms in total. The van der Waals surface area contributed by atoms with Crippen molar-refractivity contribution in [1.29, 1.82) is 0 Å². The monoisotopic (exact) mass is 200 g/mol. The molecule has 0 radical (unpaired) electrons. The van der Waals surface area contributed by atoms with Crippen LogP contribution in [0.4, 0.5) is 0 Å². The minimum absolute atomic E-state index is 0.401. The summed E-state index contributed by atoms with van der Waals surface area (Å²) >= 11 is 0. The summed E-state index contributed by atoms with van der Waals surface area (Å²) in [5.74, 6) is -0.733. The molecule has 0 aromatic carbocycles. The van der Waals surface area contributed by atoms with Crippen molar-refractivity contribution in [3.8, 4) is 0 Å². The highest BCUT2D eigenvalue weighted by molar-refractivity contribution is 5.73. The lowest BCUT2D eigenvalue weighted by Gasteiger charge is -2.23. The zero-order chi connectivity index (χ0) is 10.6. The fourth-order valence-corrected chi connectivity index (χ4v) is 1.48. The van der Waals surface area contributed by atoms with E-state index in [2.05, 4.69) is 24.1 Å². The fraction of sp³-hybridized carbons (Fsp3) is 0.900. The minimum Gasteiger partial charge on any atom is -0.480 e. The molecule has 1 fully saturated rings. The molecule has 0 heterocycles. The van der Waals surface area contributed by atoms with Crippen molar-refractivity contribution in [2.45, 2.75) is 38.8 Å². The van der Waals surface area contributed by atoms with E-state index in [1.165, 1.54) is 0 Å². The molecule has 0 aromatic rings. The smallest absolute Gasteiger partial charge is 0.322 e. The molecule has 1 aliphatic rings. The van der Waals surface area contributed by atoms with E-state index < -0.39 is 12.0 Å². The fourth-order valence-electron chi connectivity index (χ4n) is 1.48. The number of nitrogens with one attached hydrogen (secondary N) is 1. The maximum atomic E-state index is 10.9. The summed E-state index contributed by atoms with van der Waals surface area (Å²) in [6, 6.07) is 0.0501. The Labute approximate surface area is 85.3 Å². The molecule has 2 N–H and O–H groups in total. The number of carbonyl (C=O) groups is 1. The van der Waals surface area contributed by atoms with Gasteiger partial charge in [0, 0.05) is 12.6 Å². The standard InChI is InChI=1S/C10H20N2O2/c1-3-12(4-2)7-9(10(13)14)11-8-5-6-8/h8-9,11H,3-7H2,1-2H3,(H,13,14). The third kappa shape index (κ3) is 3.64. The van der Waals surface area contributed by atoms with Crippen LogP contribution < -0.4 is 5.32 Å². The van der Waals surface area contributed by atoms with Gasteiger partial charge in [-0.1, -0.05) is 13.8 Å². The molecule has 14 heavy (non-hydrogen) atoms. The van der Waals surface area contributed by atoms with Crippen molar-refractivity contribution in [2.75, 3.05) is 19.6 Å². The normalized spacial score (nSPS) is 18.5. The Hall–Kier alpha value is -0.610. The largest absolute Gasteiger partial charge is 0.480 e. The molecule has 0 aromatic heterocycles. The molecule has 0 saturated heterocycles. The lowest BCUT2D eigenvalue weighted by Crippen LogP contribution is -2.47. The molecule has 0 bridgehead atoms. The summed E-state index contributed by atoms with van der Waals surface area (Å²) in [5.41, 5.74) is 0. The highest BCUT2D eigenvalue weighted by Crippen LogP contribution is 2.19. The Morgan fingerprint density at radius 1 is 1.50 bits per heavy atom. The Morgan fingerprint density at radius 3 is 2.43 bits per heavy atom. The number of hydrogen-bond acceptors (Lipinski definition) is 3. The van der Waals surface area contributed by atoms with Gasteiger partial charge in [-0.3, -0.25) is 4.79 Å². The summed E-state index contributed by atoms with van der Waals surface area (Å²) in [5, 5.41) is 12.1. The summed E-state index contributed by atoms with van der Waals surface area (Å²) in [4.78, 5) is 13.1. The van der Waals surface area contributed by atoms with E-state index in [9.17, 15) is 4.79 Å². The van der Waals surface area contributed by atoms with Crippen LogP contribution in [0.1, 0.15) is 26.7 Å². The minimum atomic E-state index is -0.733. The average Bonchev–Trinajstić information content (AvgIpc) is 2.95. The molecule has 1 atom stereocenters. The van der Waals surface area contributed by atoms with E-state index in [0.717, 1.165) is 25.9 Å². The second-order valence-electron chi connectivity index (χ2n) is 3.82. The van der Waals surface area contributed by atoms with E-state index in [-0.39, 0.29) is 0 Å². The molecular formula is C10H20N2O2. The van der Waals surface area contributed by atoms with Crippen molar-refractivity contribution in [3.63, 3.8) is 0 Å². The first-order chi connectivity index (χ1) is 6.67. The van der Waals surface area contributed by atoms with Crippen LogP contribution in [0.2, 0.25) is 0 Å². The predicted octanol–water partition coefficient (Wildman–Crippen LogP) is 0.533. The van der Waals surface area contributed by atoms with Gasteiger partial charge < -0.3 is 15.3 Å². The third-order valence-corrected chi connectivity index (χ3v) is 2.65. The molecule has 82 valence electrons. The van der Waals surface area contributed by atoms with Crippen molar-refractivity contribution in [1.82, 2.24) is 10.2 Å². The molecule has 0 aliphatic heterocycles. The highest BCUT2D eigenvalue weighted by atomic mass is 16.4.